The first kappa shape index (κ1) is 13.9. The molecule has 0 fully saturated rings. The Morgan fingerprint density at radius 1 is 1.23 bits per heavy atom. The molecule has 0 aliphatic carbocycles. The lowest BCUT2D eigenvalue weighted by Gasteiger charge is -2.02. The number of benzene rings is 2. The molecule has 1 aromatic heterocycles. The van der Waals surface area contributed by atoms with Gasteiger partial charge in [-0.25, -0.2) is 4.79 Å². The molecule has 0 spiro atoms. The molecule has 3 aromatic rings. The van der Waals surface area contributed by atoms with Crippen LogP contribution < -0.4 is 0 Å². The summed E-state index contributed by atoms with van der Waals surface area (Å²) in [6.45, 7) is 2.95. The monoisotopic (exact) mass is 290 g/mol. The fourth-order valence-electron chi connectivity index (χ4n) is 2.81. The Kier molecular flexibility index (Phi) is 3.40. The van der Waals surface area contributed by atoms with E-state index < -0.39 is 5.97 Å². The van der Waals surface area contributed by atoms with E-state index in [0.29, 0.717) is 5.56 Å². The number of fused-ring (bicyclic) bond motifs is 3. The summed E-state index contributed by atoms with van der Waals surface area (Å²) in [5.41, 5.74) is 2.71. The second kappa shape index (κ2) is 5.38. The van der Waals surface area contributed by atoms with Crippen molar-refractivity contribution in [3.63, 3.8) is 0 Å². The van der Waals surface area contributed by atoms with Gasteiger partial charge in [-0.15, -0.1) is 0 Å². The SMILES string of the molecule is CCn1c2ccccc2c2cc(/C=C(\C#N)C(=O)O)ccc21. The maximum atomic E-state index is 11.0. The van der Waals surface area contributed by atoms with Gasteiger partial charge in [0.25, 0.3) is 0 Å². The van der Waals surface area contributed by atoms with Gasteiger partial charge in [0, 0.05) is 28.4 Å². The Morgan fingerprint density at radius 2 is 1.95 bits per heavy atom. The second-order valence-electron chi connectivity index (χ2n) is 5.01. The molecule has 4 heteroatoms. The molecule has 0 radical (unpaired) electrons. The largest absolute Gasteiger partial charge is 0.477 e. The second-order valence-corrected chi connectivity index (χ2v) is 5.01. The van der Waals surface area contributed by atoms with Gasteiger partial charge in [-0.3, -0.25) is 0 Å². The first-order valence-corrected chi connectivity index (χ1v) is 7.01. The van der Waals surface area contributed by atoms with Gasteiger partial charge < -0.3 is 9.67 Å². The van der Waals surface area contributed by atoms with Crippen molar-refractivity contribution in [3.05, 3.63) is 53.6 Å². The number of para-hydroxylation sites is 1. The molecule has 22 heavy (non-hydrogen) atoms. The summed E-state index contributed by atoms with van der Waals surface area (Å²) in [4.78, 5) is 11.0. The fraction of sp³-hybridized carbons (Fsp3) is 0.111. The van der Waals surface area contributed by atoms with Gasteiger partial charge in [0.2, 0.25) is 0 Å². The maximum absolute atomic E-state index is 11.0. The van der Waals surface area contributed by atoms with Crippen LogP contribution in [0, 0.1) is 11.3 Å². The van der Waals surface area contributed by atoms with E-state index >= 15 is 0 Å². The lowest BCUT2D eigenvalue weighted by Crippen LogP contribution is -1.97. The molecule has 108 valence electrons. The normalized spacial score (nSPS) is 11.7. The first-order chi connectivity index (χ1) is 10.7. The summed E-state index contributed by atoms with van der Waals surface area (Å²) >= 11 is 0. The van der Waals surface area contributed by atoms with E-state index in [2.05, 4.69) is 23.6 Å². The van der Waals surface area contributed by atoms with E-state index in [0.717, 1.165) is 28.4 Å². The molecular weight excluding hydrogens is 276 g/mol. The predicted molar refractivity (Wildman–Crippen MR) is 86.3 cm³/mol. The third-order valence-electron chi connectivity index (χ3n) is 3.77. The fourth-order valence-corrected chi connectivity index (χ4v) is 2.81. The van der Waals surface area contributed by atoms with Crippen LogP contribution in [0.15, 0.2) is 48.0 Å². The van der Waals surface area contributed by atoms with Crippen LogP contribution in [-0.4, -0.2) is 15.6 Å². The number of aromatic nitrogens is 1. The van der Waals surface area contributed by atoms with Crippen molar-refractivity contribution in [1.82, 2.24) is 4.57 Å². The highest BCUT2D eigenvalue weighted by atomic mass is 16.4. The molecule has 0 aliphatic rings. The van der Waals surface area contributed by atoms with Crippen molar-refractivity contribution < 1.29 is 9.90 Å². The van der Waals surface area contributed by atoms with Crippen molar-refractivity contribution in [1.29, 1.82) is 5.26 Å². The number of aliphatic carboxylic acids is 1. The van der Waals surface area contributed by atoms with E-state index in [4.69, 9.17) is 10.4 Å². The van der Waals surface area contributed by atoms with E-state index in [1.807, 2.05) is 30.3 Å². The molecule has 0 saturated heterocycles. The van der Waals surface area contributed by atoms with Gasteiger partial charge in [0.05, 0.1) is 0 Å². The minimum Gasteiger partial charge on any atom is -0.477 e. The average molecular weight is 290 g/mol. The summed E-state index contributed by atoms with van der Waals surface area (Å²) in [5, 5.41) is 20.0. The average Bonchev–Trinajstić information content (AvgIpc) is 2.85. The number of hydrogen-bond donors (Lipinski definition) is 1. The van der Waals surface area contributed by atoms with Gasteiger partial charge in [0.1, 0.15) is 11.6 Å². The molecule has 0 bridgehead atoms. The molecule has 0 amide bonds. The first-order valence-electron chi connectivity index (χ1n) is 7.01. The van der Waals surface area contributed by atoms with E-state index in [1.165, 1.54) is 6.08 Å². The number of carboxylic acids is 1. The standard InChI is InChI=1S/C18H14N2O2/c1-2-20-16-6-4-3-5-14(16)15-10-12(7-8-17(15)20)9-13(11-19)18(21)22/h3-10H,2H2,1H3,(H,21,22)/b13-9+. The van der Waals surface area contributed by atoms with Crippen LogP contribution in [0.2, 0.25) is 0 Å². The van der Waals surface area contributed by atoms with Crippen LogP contribution in [0.25, 0.3) is 27.9 Å². The van der Waals surface area contributed by atoms with E-state index in [1.54, 1.807) is 6.07 Å². The summed E-state index contributed by atoms with van der Waals surface area (Å²) < 4.78 is 2.22. The van der Waals surface area contributed by atoms with Crippen molar-refractivity contribution in [2.45, 2.75) is 13.5 Å². The maximum Gasteiger partial charge on any atom is 0.346 e. The number of hydrogen-bond acceptors (Lipinski definition) is 2. The summed E-state index contributed by atoms with van der Waals surface area (Å²) in [6.07, 6.45) is 1.40. The number of carboxylic acid groups (broad SMARTS) is 1. The summed E-state index contributed by atoms with van der Waals surface area (Å²) in [5.74, 6) is -1.21. The molecular formula is C18H14N2O2. The van der Waals surface area contributed by atoms with E-state index in [-0.39, 0.29) is 5.57 Å². The van der Waals surface area contributed by atoms with Crippen molar-refractivity contribution in [3.8, 4) is 6.07 Å². The highest BCUT2D eigenvalue weighted by molar-refractivity contribution is 6.09. The van der Waals surface area contributed by atoms with Crippen LogP contribution in [0.5, 0.6) is 0 Å². The van der Waals surface area contributed by atoms with Crippen LogP contribution in [0.1, 0.15) is 12.5 Å². The number of nitrogens with zero attached hydrogens (tertiary/aromatic N) is 2. The molecule has 1 N–H and O–H groups in total. The van der Waals surface area contributed by atoms with E-state index in [9.17, 15) is 4.79 Å². The molecule has 0 saturated carbocycles. The summed E-state index contributed by atoms with van der Waals surface area (Å²) in [6, 6.07) is 15.6. The Hall–Kier alpha value is -3.06. The lowest BCUT2D eigenvalue weighted by molar-refractivity contribution is -0.132. The third kappa shape index (κ3) is 2.13. The third-order valence-corrected chi connectivity index (χ3v) is 3.77. The Balaban J connectivity index is 2.29. The molecule has 3 rings (SSSR count). The molecule has 4 nitrogen and oxygen atoms in total. The number of carbonyl (C=O) groups is 1. The van der Waals surface area contributed by atoms with Crippen LogP contribution in [0.3, 0.4) is 0 Å². The molecule has 0 atom stereocenters. The molecule has 0 unspecified atom stereocenters. The number of nitriles is 1. The topological polar surface area (TPSA) is 66.0 Å². The zero-order valence-electron chi connectivity index (χ0n) is 12.1. The van der Waals surface area contributed by atoms with Crippen LogP contribution in [-0.2, 0) is 11.3 Å². The van der Waals surface area contributed by atoms with Crippen molar-refractivity contribution in [2.75, 3.05) is 0 Å². The lowest BCUT2D eigenvalue weighted by atomic mass is 10.1. The highest BCUT2D eigenvalue weighted by Crippen LogP contribution is 2.30. The van der Waals surface area contributed by atoms with Gasteiger partial charge in [-0.1, -0.05) is 24.3 Å². The molecule has 2 aromatic carbocycles. The Labute approximate surface area is 127 Å². The highest BCUT2D eigenvalue weighted by Gasteiger charge is 2.10. The zero-order chi connectivity index (χ0) is 15.7. The van der Waals surface area contributed by atoms with Gasteiger partial charge in [0.15, 0.2) is 0 Å². The van der Waals surface area contributed by atoms with Gasteiger partial charge in [-0.2, -0.15) is 5.26 Å². The smallest absolute Gasteiger partial charge is 0.346 e. The number of rotatable bonds is 3. The number of aryl methyl sites for hydroxylation is 1. The Morgan fingerprint density at radius 3 is 2.64 bits per heavy atom. The quantitative estimate of drug-likeness (QED) is 0.589. The van der Waals surface area contributed by atoms with Gasteiger partial charge >= 0.3 is 5.97 Å². The molecule has 0 aliphatic heterocycles. The Bertz CT molecular complexity index is 958. The van der Waals surface area contributed by atoms with Crippen molar-refractivity contribution in [2.24, 2.45) is 0 Å². The minimum absolute atomic E-state index is 0.265. The predicted octanol–water partition coefficient (Wildman–Crippen LogP) is 3.81. The van der Waals surface area contributed by atoms with Crippen LogP contribution in [0.4, 0.5) is 0 Å². The van der Waals surface area contributed by atoms with Gasteiger partial charge in [-0.05, 0) is 36.8 Å². The molecule has 1 heterocycles. The van der Waals surface area contributed by atoms with Crippen molar-refractivity contribution >= 4 is 33.9 Å². The van der Waals surface area contributed by atoms with Crippen LogP contribution >= 0.6 is 0 Å². The zero-order valence-corrected chi connectivity index (χ0v) is 12.1. The summed E-state index contributed by atoms with van der Waals surface area (Å²) in [7, 11) is 0. The minimum atomic E-state index is -1.21.